The first kappa shape index (κ1) is 12.4. The fourth-order valence-corrected chi connectivity index (χ4v) is 2.98. The standard InChI is InChI=1S/C12H21N3O2/c1-7(12(13)17)14-11(16)6-8-4-9-2-3-10(5-8)15-9/h7-10,15H,2-6H2,1H3,(H2,13,17)(H,14,16). The molecular weight excluding hydrogens is 218 g/mol. The molecule has 0 saturated carbocycles. The van der Waals surface area contributed by atoms with Crippen molar-refractivity contribution >= 4 is 11.8 Å². The molecule has 2 amide bonds. The zero-order valence-electron chi connectivity index (χ0n) is 10.2. The first-order chi connectivity index (χ1) is 8.04. The maximum atomic E-state index is 11.7. The summed E-state index contributed by atoms with van der Waals surface area (Å²) in [6, 6.07) is 0.626. The normalized spacial score (nSPS) is 33.1. The fraction of sp³-hybridized carbons (Fsp3) is 0.833. The molecule has 0 aliphatic carbocycles. The highest BCUT2D eigenvalue weighted by atomic mass is 16.2. The van der Waals surface area contributed by atoms with Crippen molar-refractivity contribution in [2.45, 2.75) is 57.2 Å². The van der Waals surface area contributed by atoms with Crippen LogP contribution in [0.2, 0.25) is 0 Å². The second-order valence-corrected chi connectivity index (χ2v) is 5.37. The van der Waals surface area contributed by atoms with Gasteiger partial charge >= 0.3 is 0 Å². The van der Waals surface area contributed by atoms with E-state index >= 15 is 0 Å². The van der Waals surface area contributed by atoms with Crippen molar-refractivity contribution in [3.05, 3.63) is 0 Å². The molecule has 2 saturated heterocycles. The Morgan fingerprint density at radius 2 is 1.94 bits per heavy atom. The molecular formula is C12H21N3O2. The highest BCUT2D eigenvalue weighted by Crippen LogP contribution is 2.32. The second kappa shape index (κ2) is 5.04. The largest absolute Gasteiger partial charge is 0.368 e. The molecule has 2 bridgehead atoms. The van der Waals surface area contributed by atoms with Crippen molar-refractivity contribution in [2.24, 2.45) is 11.7 Å². The minimum Gasteiger partial charge on any atom is -0.368 e. The van der Waals surface area contributed by atoms with Crippen LogP contribution in [0.3, 0.4) is 0 Å². The van der Waals surface area contributed by atoms with Crippen LogP contribution >= 0.6 is 0 Å². The minimum atomic E-state index is -0.569. The number of fused-ring (bicyclic) bond motifs is 2. The molecule has 3 unspecified atom stereocenters. The molecule has 96 valence electrons. The van der Waals surface area contributed by atoms with Crippen molar-refractivity contribution in [1.29, 1.82) is 0 Å². The summed E-state index contributed by atoms with van der Waals surface area (Å²) in [5, 5.41) is 6.19. The van der Waals surface area contributed by atoms with E-state index in [0.717, 1.165) is 12.8 Å². The van der Waals surface area contributed by atoms with E-state index in [-0.39, 0.29) is 5.91 Å². The number of rotatable bonds is 4. The summed E-state index contributed by atoms with van der Waals surface area (Å²) in [4.78, 5) is 22.6. The Bertz CT molecular complexity index is 307. The Labute approximate surface area is 102 Å². The van der Waals surface area contributed by atoms with E-state index in [4.69, 9.17) is 5.73 Å². The lowest BCUT2D eigenvalue weighted by Crippen LogP contribution is -2.44. The Hall–Kier alpha value is -1.10. The van der Waals surface area contributed by atoms with Gasteiger partial charge in [0.15, 0.2) is 0 Å². The lowest BCUT2D eigenvalue weighted by atomic mass is 9.89. The average molecular weight is 239 g/mol. The van der Waals surface area contributed by atoms with Crippen LogP contribution in [0.25, 0.3) is 0 Å². The van der Waals surface area contributed by atoms with Crippen LogP contribution in [0.5, 0.6) is 0 Å². The van der Waals surface area contributed by atoms with E-state index in [2.05, 4.69) is 10.6 Å². The number of carbonyl (C=O) groups is 2. The Morgan fingerprint density at radius 1 is 1.35 bits per heavy atom. The van der Waals surface area contributed by atoms with Crippen LogP contribution in [0.15, 0.2) is 0 Å². The second-order valence-electron chi connectivity index (χ2n) is 5.37. The summed E-state index contributed by atoms with van der Waals surface area (Å²) in [6.45, 7) is 1.62. The topological polar surface area (TPSA) is 84.2 Å². The van der Waals surface area contributed by atoms with Crippen molar-refractivity contribution in [2.75, 3.05) is 0 Å². The number of nitrogens with one attached hydrogen (secondary N) is 2. The predicted octanol–water partition coefficient (Wildman–Crippen LogP) is -0.103. The van der Waals surface area contributed by atoms with Crippen LogP contribution in [-0.2, 0) is 9.59 Å². The molecule has 3 atom stereocenters. The maximum absolute atomic E-state index is 11.7. The number of piperidine rings is 1. The Morgan fingerprint density at radius 3 is 2.47 bits per heavy atom. The summed E-state index contributed by atoms with van der Waals surface area (Å²) in [5.41, 5.74) is 5.11. The lowest BCUT2D eigenvalue weighted by Gasteiger charge is -2.28. The van der Waals surface area contributed by atoms with Gasteiger partial charge in [-0.1, -0.05) is 0 Å². The highest BCUT2D eigenvalue weighted by molar-refractivity contribution is 5.86. The van der Waals surface area contributed by atoms with E-state index < -0.39 is 11.9 Å². The molecule has 2 fully saturated rings. The molecule has 0 aromatic carbocycles. The summed E-state index contributed by atoms with van der Waals surface area (Å²) in [6.07, 6.45) is 5.15. The van der Waals surface area contributed by atoms with Gasteiger partial charge in [0.05, 0.1) is 0 Å². The number of nitrogens with two attached hydrogens (primary N) is 1. The SMILES string of the molecule is CC(NC(=O)CC1CC2CCC(C1)N2)C(N)=O. The van der Waals surface area contributed by atoms with Gasteiger partial charge in [-0.2, -0.15) is 0 Å². The zero-order chi connectivity index (χ0) is 12.4. The monoisotopic (exact) mass is 239 g/mol. The van der Waals surface area contributed by atoms with E-state index in [1.165, 1.54) is 12.8 Å². The lowest BCUT2D eigenvalue weighted by molar-refractivity contribution is -0.127. The molecule has 5 heteroatoms. The van der Waals surface area contributed by atoms with Gasteiger partial charge < -0.3 is 16.4 Å². The van der Waals surface area contributed by atoms with Gasteiger partial charge in [-0.3, -0.25) is 9.59 Å². The fourth-order valence-electron chi connectivity index (χ4n) is 2.98. The third-order valence-corrected chi connectivity index (χ3v) is 3.85. The number of primary amides is 1. The average Bonchev–Trinajstić information content (AvgIpc) is 2.57. The third-order valence-electron chi connectivity index (χ3n) is 3.85. The van der Waals surface area contributed by atoms with E-state index in [1.807, 2.05) is 0 Å². The molecule has 0 spiro atoms. The van der Waals surface area contributed by atoms with Crippen LogP contribution in [-0.4, -0.2) is 29.9 Å². The molecule has 0 aromatic heterocycles. The van der Waals surface area contributed by atoms with Gasteiger partial charge in [0.1, 0.15) is 6.04 Å². The minimum absolute atomic E-state index is 0.0531. The predicted molar refractivity (Wildman–Crippen MR) is 64.1 cm³/mol. The first-order valence-corrected chi connectivity index (χ1v) is 6.39. The molecule has 4 N–H and O–H groups in total. The first-order valence-electron chi connectivity index (χ1n) is 6.39. The van der Waals surface area contributed by atoms with Gasteiger partial charge in [0.25, 0.3) is 0 Å². The van der Waals surface area contributed by atoms with Crippen LogP contribution in [0.4, 0.5) is 0 Å². The molecule has 5 nitrogen and oxygen atoms in total. The Kier molecular flexibility index (Phi) is 3.66. The van der Waals surface area contributed by atoms with Gasteiger partial charge in [-0.05, 0) is 38.5 Å². The van der Waals surface area contributed by atoms with Gasteiger partial charge in [0, 0.05) is 18.5 Å². The van der Waals surface area contributed by atoms with E-state index in [1.54, 1.807) is 6.92 Å². The summed E-state index contributed by atoms with van der Waals surface area (Å²) < 4.78 is 0. The smallest absolute Gasteiger partial charge is 0.239 e. The number of hydrogen-bond donors (Lipinski definition) is 3. The van der Waals surface area contributed by atoms with Crippen molar-refractivity contribution in [3.63, 3.8) is 0 Å². The molecule has 0 aromatic rings. The molecule has 2 rings (SSSR count). The third kappa shape index (κ3) is 3.19. The van der Waals surface area contributed by atoms with Crippen molar-refractivity contribution in [3.8, 4) is 0 Å². The van der Waals surface area contributed by atoms with Gasteiger partial charge in [0.2, 0.25) is 11.8 Å². The maximum Gasteiger partial charge on any atom is 0.239 e. The van der Waals surface area contributed by atoms with Gasteiger partial charge in [-0.25, -0.2) is 0 Å². The van der Waals surface area contributed by atoms with Crippen molar-refractivity contribution in [1.82, 2.24) is 10.6 Å². The van der Waals surface area contributed by atoms with Crippen LogP contribution in [0, 0.1) is 5.92 Å². The summed E-state index contributed by atoms with van der Waals surface area (Å²) in [5.74, 6) is -0.0832. The summed E-state index contributed by atoms with van der Waals surface area (Å²) >= 11 is 0. The number of carbonyl (C=O) groups excluding carboxylic acids is 2. The molecule has 2 aliphatic heterocycles. The number of hydrogen-bond acceptors (Lipinski definition) is 3. The quantitative estimate of drug-likeness (QED) is 0.640. The molecule has 17 heavy (non-hydrogen) atoms. The zero-order valence-corrected chi connectivity index (χ0v) is 10.2. The Balaban J connectivity index is 1.77. The number of amides is 2. The van der Waals surface area contributed by atoms with Gasteiger partial charge in [-0.15, -0.1) is 0 Å². The molecule has 2 aliphatic rings. The van der Waals surface area contributed by atoms with E-state index in [9.17, 15) is 9.59 Å². The molecule has 2 heterocycles. The van der Waals surface area contributed by atoms with Crippen LogP contribution in [0.1, 0.15) is 39.0 Å². The van der Waals surface area contributed by atoms with Crippen LogP contribution < -0.4 is 16.4 Å². The highest BCUT2D eigenvalue weighted by Gasteiger charge is 2.34. The molecule has 0 radical (unpaired) electrons. The van der Waals surface area contributed by atoms with Crippen molar-refractivity contribution < 1.29 is 9.59 Å². The summed E-state index contributed by atoms with van der Waals surface area (Å²) in [7, 11) is 0. The van der Waals surface area contributed by atoms with E-state index in [0.29, 0.717) is 24.4 Å².